The lowest BCUT2D eigenvalue weighted by molar-refractivity contribution is -0.385. The fraction of sp³-hybridized carbons (Fsp3) is 0.667. The largest absolute Gasteiger partial charge is 0.382 e. The van der Waals surface area contributed by atoms with Gasteiger partial charge in [0.2, 0.25) is 0 Å². The highest BCUT2D eigenvalue weighted by Gasteiger charge is 2.39. The molecule has 8 nitrogen and oxygen atoms in total. The first-order valence-corrected chi connectivity index (χ1v) is 11.3. The molecule has 0 radical (unpaired) electrons. The number of anilines is 1. The minimum absolute atomic E-state index is 0.0300. The van der Waals surface area contributed by atoms with Gasteiger partial charge in [-0.2, -0.15) is 0 Å². The summed E-state index contributed by atoms with van der Waals surface area (Å²) in [6.07, 6.45) is 6.45. The van der Waals surface area contributed by atoms with Gasteiger partial charge >= 0.3 is 0 Å². The number of ether oxygens (including phenoxy) is 1. The Balaban J connectivity index is 1.85. The molecular formula is C18H27N3O5S. The van der Waals surface area contributed by atoms with Crippen molar-refractivity contribution >= 4 is 21.2 Å². The van der Waals surface area contributed by atoms with Crippen LogP contribution in [-0.2, 0) is 14.6 Å². The smallest absolute Gasteiger partial charge is 0.270 e. The maximum atomic E-state index is 12.2. The summed E-state index contributed by atoms with van der Waals surface area (Å²) in [7, 11) is -3.59. The van der Waals surface area contributed by atoms with E-state index in [1.54, 1.807) is 0 Å². The first-order chi connectivity index (χ1) is 12.8. The second-order valence-electron chi connectivity index (χ2n) is 7.45. The number of nitro benzene ring substituents is 1. The Hall–Kier alpha value is -1.71. The van der Waals surface area contributed by atoms with Crippen LogP contribution < -0.4 is 5.32 Å². The molecule has 0 bridgehead atoms. The van der Waals surface area contributed by atoms with Crippen molar-refractivity contribution in [2.75, 3.05) is 44.4 Å². The maximum Gasteiger partial charge on any atom is 0.270 e. The summed E-state index contributed by atoms with van der Waals surface area (Å²) >= 11 is 0. The number of likely N-dealkylation sites (tertiary alicyclic amines) is 1. The van der Waals surface area contributed by atoms with Crippen LogP contribution in [-0.4, -0.2) is 62.9 Å². The molecular weight excluding hydrogens is 370 g/mol. The lowest BCUT2D eigenvalue weighted by atomic mass is 9.86. The predicted molar refractivity (Wildman–Crippen MR) is 103 cm³/mol. The summed E-state index contributed by atoms with van der Waals surface area (Å²) in [5.41, 5.74) is 0.124. The number of benzene rings is 1. The van der Waals surface area contributed by atoms with Crippen molar-refractivity contribution in [2.24, 2.45) is 0 Å². The zero-order valence-corrected chi connectivity index (χ0v) is 16.5. The summed E-state index contributed by atoms with van der Waals surface area (Å²) < 4.78 is 29.9. The van der Waals surface area contributed by atoms with E-state index in [1.807, 2.05) is 0 Å². The molecule has 9 heteroatoms. The molecule has 1 aromatic rings. The van der Waals surface area contributed by atoms with E-state index in [0.717, 1.165) is 38.3 Å². The molecule has 0 spiro atoms. The van der Waals surface area contributed by atoms with Gasteiger partial charge in [0.05, 0.1) is 15.5 Å². The number of piperidine rings is 1. The van der Waals surface area contributed by atoms with Crippen LogP contribution in [0.15, 0.2) is 23.1 Å². The van der Waals surface area contributed by atoms with Crippen molar-refractivity contribution in [2.45, 2.75) is 42.5 Å². The fourth-order valence-corrected chi connectivity index (χ4v) is 4.94. The Morgan fingerprint density at radius 2 is 1.89 bits per heavy atom. The zero-order valence-electron chi connectivity index (χ0n) is 15.6. The Bertz CT molecular complexity index is 784. The lowest BCUT2D eigenvalue weighted by Gasteiger charge is -2.48. The zero-order chi connectivity index (χ0) is 19.5. The van der Waals surface area contributed by atoms with E-state index in [2.05, 4.69) is 10.2 Å². The second kappa shape index (κ2) is 8.12. The van der Waals surface area contributed by atoms with E-state index >= 15 is 0 Å². The minimum Gasteiger partial charge on any atom is -0.382 e. The van der Waals surface area contributed by atoms with Gasteiger partial charge in [-0.25, -0.2) is 8.42 Å². The van der Waals surface area contributed by atoms with Gasteiger partial charge in [0, 0.05) is 43.7 Å². The molecule has 0 atom stereocenters. The van der Waals surface area contributed by atoms with Gasteiger partial charge in [-0.05, 0) is 44.8 Å². The lowest BCUT2D eigenvalue weighted by Crippen LogP contribution is -2.57. The molecule has 1 N–H and O–H groups in total. The average Bonchev–Trinajstić information content (AvgIpc) is 2.67. The molecule has 2 aliphatic heterocycles. The highest BCUT2D eigenvalue weighted by atomic mass is 32.2. The van der Waals surface area contributed by atoms with Gasteiger partial charge in [0.15, 0.2) is 9.84 Å². The van der Waals surface area contributed by atoms with Crippen LogP contribution in [0.1, 0.15) is 32.1 Å². The van der Waals surface area contributed by atoms with Crippen molar-refractivity contribution in [3.05, 3.63) is 28.3 Å². The van der Waals surface area contributed by atoms with Crippen molar-refractivity contribution < 1.29 is 18.1 Å². The van der Waals surface area contributed by atoms with Gasteiger partial charge in [0.25, 0.3) is 5.69 Å². The monoisotopic (exact) mass is 397 g/mol. The Morgan fingerprint density at radius 3 is 2.48 bits per heavy atom. The first kappa shape index (κ1) is 20.0. The third-order valence-corrected chi connectivity index (χ3v) is 6.77. The SMILES string of the molecule is CS(=O)(=O)c1cc([N+](=O)[O-])ccc1NCC1(N2CCCCC2)CCOCC1. The Morgan fingerprint density at radius 1 is 1.22 bits per heavy atom. The molecule has 2 saturated heterocycles. The highest BCUT2D eigenvalue weighted by molar-refractivity contribution is 7.90. The quantitative estimate of drug-likeness (QED) is 0.581. The minimum atomic E-state index is -3.59. The van der Waals surface area contributed by atoms with E-state index in [1.165, 1.54) is 31.4 Å². The maximum absolute atomic E-state index is 12.2. The molecule has 0 aromatic heterocycles. The molecule has 0 amide bonds. The highest BCUT2D eigenvalue weighted by Crippen LogP contribution is 2.33. The molecule has 0 saturated carbocycles. The first-order valence-electron chi connectivity index (χ1n) is 9.37. The van der Waals surface area contributed by atoms with Crippen LogP contribution in [0.2, 0.25) is 0 Å². The standard InChI is InChI=1S/C18H27N3O5S/c1-27(24,25)17-13-15(21(22)23)5-6-16(17)19-14-18(7-11-26-12-8-18)20-9-3-2-4-10-20/h5-6,13,19H,2-4,7-12,14H2,1H3. The van der Waals surface area contributed by atoms with E-state index in [9.17, 15) is 18.5 Å². The topological polar surface area (TPSA) is 102 Å². The molecule has 2 aliphatic rings. The van der Waals surface area contributed by atoms with Gasteiger partial charge in [-0.1, -0.05) is 6.42 Å². The van der Waals surface area contributed by atoms with Crippen LogP contribution in [0.25, 0.3) is 0 Å². The number of rotatable bonds is 6. The molecule has 0 aliphatic carbocycles. The molecule has 1 aromatic carbocycles. The molecule has 0 unspecified atom stereocenters. The summed E-state index contributed by atoms with van der Waals surface area (Å²) in [6.45, 7) is 4.06. The van der Waals surface area contributed by atoms with Crippen molar-refractivity contribution in [1.29, 1.82) is 0 Å². The average molecular weight is 397 g/mol. The van der Waals surface area contributed by atoms with Crippen LogP contribution in [0.3, 0.4) is 0 Å². The third kappa shape index (κ3) is 4.59. The number of nitro groups is 1. The molecule has 2 fully saturated rings. The van der Waals surface area contributed by atoms with E-state index in [4.69, 9.17) is 4.74 Å². The van der Waals surface area contributed by atoms with Gasteiger partial charge in [0.1, 0.15) is 0 Å². The van der Waals surface area contributed by atoms with Crippen LogP contribution >= 0.6 is 0 Å². The molecule has 150 valence electrons. The number of hydrogen-bond donors (Lipinski definition) is 1. The number of sulfone groups is 1. The number of non-ortho nitro benzene ring substituents is 1. The van der Waals surface area contributed by atoms with Crippen molar-refractivity contribution in [3.8, 4) is 0 Å². The Labute approximate surface area is 160 Å². The second-order valence-corrected chi connectivity index (χ2v) is 9.43. The fourth-order valence-electron chi connectivity index (χ4n) is 4.06. The van der Waals surface area contributed by atoms with E-state index in [-0.39, 0.29) is 16.1 Å². The number of nitrogens with one attached hydrogen (secondary N) is 1. The van der Waals surface area contributed by atoms with Gasteiger partial charge < -0.3 is 10.1 Å². The summed E-state index contributed by atoms with van der Waals surface area (Å²) in [4.78, 5) is 12.9. The predicted octanol–water partition coefficient (Wildman–Crippen LogP) is 2.45. The summed E-state index contributed by atoms with van der Waals surface area (Å²) in [5.74, 6) is 0. The number of nitrogens with zero attached hydrogens (tertiary/aromatic N) is 2. The van der Waals surface area contributed by atoms with Crippen LogP contribution in [0, 0.1) is 10.1 Å². The van der Waals surface area contributed by atoms with Crippen LogP contribution in [0.5, 0.6) is 0 Å². The summed E-state index contributed by atoms with van der Waals surface area (Å²) in [6, 6.07) is 3.97. The van der Waals surface area contributed by atoms with Crippen molar-refractivity contribution in [1.82, 2.24) is 4.90 Å². The normalized spacial score (nSPS) is 20.9. The van der Waals surface area contributed by atoms with E-state index < -0.39 is 14.8 Å². The van der Waals surface area contributed by atoms with Crippen LogP contribution in [0.4, 0.5) is 11.4 Å². The van der Waals surface area contributed by atoms with E-state index in [0.29, 0.717) is 25.4 Å². The third-order valence-electron chi connectivity index (χ3n) is 5.63. The van der Waals surface area contributed by atoms with Gasteiger partial charge in [-0.15, -0.1) is 0 Å². The van der Waals surface area contributed by atoms with Crippen molar-refractivity contribution in [3.63, 3.8) is 0 Å². The number of hydrogen-bond acceptors (Lipinski definition) is 7. The molecule has 27 heavy (non-hydrogen) atoms. The molecule has 3 rings (SSSR count). The molecule has 2 heterocycles. The van der Waals surface area contributed by atoms with Gasteiger partial charge in [-0.3, -0.25) is 15.0 Å². The summed E-state index contributed by atoms with van der Waals surface area (Å²) in [5, 5.41) is 14.3. The Kier molecular flexibility index (Phi) is 6.02.